The number of ether oxygens (including phenoxy) is 1. The Morgan fingerprint density at radius 2 is 1.88 bits per heavy atom. The molecule has 26 heavy (non-hydrogen) atoms. The molecule has 2 aromatic carbocycles. The second kappa shape index (κ2) is 6.65. The van der Waals surface area contributed by atoms with Gasteiger partial charge in [-0.05, 0) is 60.9 Å². The van der Waals surface area contributed by atoms with Gasteiger partial charge in [-0.3, -0.25) is 9.59 Å². The maximum absolute atomic E-state index is 12.4. The predicted molar refractivity (Wildman–Crippen MR) is 101 cm³/mol. The largest absolute Gasteiger partial charge is 0.484 e. The Bertz CT molecular complexity index is 858. The molecule has 6 heteroatoms. The van der Waals surface area contributed by atoms with Crippen molar-refractivity contribution in [2.75, 3.05) is 17.2 Å². The van der Waals surface area contributed by atoms with E-state index in [9.17, 15) is 9.59 Å². The van der Waals surface area contributed by atoms with Gasteiger partial charge in [0.2, 0.25) is 5.91 Å². The number of anilines is 2. The average Bonchev–Trinajstić information content (AvgIpc) is 3.22. The minimum absolute atomic E-state index is 0.0829. The first kappa shape index (κ1) is 16.9. The first-order valence-corrected chi connectivity index (χ1v) is 9.09. The monoisotopic (exact) mass is 370 g/mol. The van der Waals surface area contributed by atoms with E-state index in [4.69, 9.17) is 16.3 Å². The summed E-state index contributed by atoms with van der Waals surface area (Å²) in [4.78, 5) is 24.6. The first-order valence-electron chi connectivity index (χ1n) is 8.71. The zero-order valence-electron chi connectivity index (χ0n) is 14.2. The molecule has 5 nitrogen and oxygen atoms in total. The zero-order valence-corrected chi connectivity index (χ0v) is 14.9. The Balaban J connectivity index is 1.44. The van der Waals surface area contributed by atoms with Crippen molar-refractivity contribution in [2.24, 2.45) is 0 Å². The molecule has 2 N–H and O–H groups in total. The molecule has 134 valence electrons. The highest BCUT2D eigenvalue weighted by molar-refractivity contribution is 6.30. The van der Waals surface area contributed by atoms with Crippen LogP contribution in [0.2, 0.25) is 5.02 Å². The van der Waals surface area contributed by atoms with Crippen LogP contribution in [-0.4, -0.2) is 18.4 Å². The second-order valence-corrected chi connectivity index (χ2v) is 7.23. The van der Waals surface area contributed by atoms with Crippen LogP contribution in [0.5, 0.6) is 5.75 Å². The van der Waals surface area contributed by atoms with Crippen LogP contribution in [0.4, 0.5) is 11.4 Å². The molecule has 1 heterocycles. The fourth-order valence-electron chi connectivity index (χ4n) is 3.84. The van der Waals surface area contributed by atoms with Gasteiger partial charge in [-0.2, -0.15) is 0 Å². The third-order valence-corrected chi connectivity index (χ3v) is 5.39. The molecule has 1 aliphatic heterocycles. The molecule has 1 saturated carbocycles. The number of carbonyl (C=O) groups excluding carboxylic acids is 2. The van der Waals surface area contributed by atoms with Gasteiger partial charge in [-0.25, -0.2) is 0 Å². The van der Waals surface area contributed by atoms with Gasteiger partial charge < -0.3 is 15.4 Å². The Hall–Kier alpha value is -2.53. The molecule has 1 fully saturated rings. The van der Waals surface area contributed by atoms with Crippen LogP contribution in [0.15, 0.2) is 42.5 Å². The van der Waals surface area contributed by atoms with Crippen LogP contribution in [0.25, 0.3) is 0 Å². The van der Waals surface area contributed by atoms with E-state index < -0.39 is 5.41 Å². The molecule has 2 amide bonds. The van der Waals surface area contributed by atoms with Crippen molar-refractivity contribution in [3.63, 3.8) is 0 Å². The Morgan fingerprint density at radius 1 is 1.15 bits per heavy atom. The van der Waals surface area contributed by atoms with E-state index in [0.29, 0.717) is 16.5 Å². The first-order chi connectivity index (χ1) is 12.6. The maximum Gasteiger partial charge on any atom is 0.262 e. The highest BCUT2D eigenvalue weighted by atomic mass is 35.5. The summed E-state index contributed by atoms with van der Waals surface area (Å²) in [6.45, 7) is -0.0962. The smallest absolute Gasteiger partial charge is 0.262 e. The highest BCUT2D eigenvalue weighted by Gasteiger charge is 2.48. The standard InChI is InChI=1S/C20H19ClN2O3/c21-13-3-6-15(7-4-13)26-12-18(24)22-14-5-8-17-16(11-14)20(19(25)23-17)9-1-2-10-20/h3-8,11H,1-2,9-10,12H2,(H,22,24)(H,23,25). The molecule has 0 unspecified atom stereocenters. The van der Waals surface area contributed by atoms with Crippen molar-refractivity contribution in [3.05, 3.63) is 53.1 Å². The molecule has 0 radical (unpaired) electrons. The SMILES string of the molecule is O=C(COc1ccc(Cl)cc1)Nc1ccc2c(c1)C1(CCCC1)C(=O)N2. The van der Waals surface area contributed by atoms with E-state index in [1.54, 1.807) is 30.3 Å². The lowest BCUT2D eigenvalue weighted by atomic mass is 9.80. The molecule has 0 saturated heterocycles. The molecule has 4 rings (SSSR count). The third-order valence-electron chi connectivity index (χ3n) is 5.14. The van der Waals surface area contributed by atoms with Gasteiger partial charge >= 0.3 is 0 Å². The molecule has 0 bridgehead atoms. The van der Waals surface area contributed by atoms with Crippen molar-refractivity contribution in [3.8, 4) is 5.75 Å². The quantitative estimate of drug-likeness (QED) is 0.850. The van der Waals surface area contributed by atoms with Crippen molar-refractivity contribution >= 4 is 34.8 Å². The number of halogens is 1. The van der Waals surface area contributed by atoms with Crippen molar-refractivity contribution in [2.45, 2.75) is 31.1 Å². The second-order valence-electron chi connectivity index (χ2n) is 6.79. The van der Waals surface area contributed by atoms with E-state index in [0.717, 1.165) is 36.9 Å². The Morgan fingerprint density at radius 3 is 2.62 bits per heavy atom. The number of nitrogens with one attached hydrogen (secondary N) is 2. The lowest BCUT2D eigenvalue weighted by Crippen LogP contribution is -2.31. The summed E-state index contributed by atoms with van der Waals surface area (Å²) in [7, 11) is 0. The number of amides is 2. The van der Waals surface area contributed by atoms with Gasteiger partial charge in [-0.15, -0.1) is 0 Å². The number of hydrogen-bond donors (Lipinski definition) is 2. The zero-order chi connectivity index (χ0) is 18.1. The van der Waals surface area contributed by atoms with Gasteiger partial charge in [0.05, 0.1) is 5.41 Å². The number of benzene rings is 2. The Labute approximate surface area is 156 Å². The van der Waals surface area contributed by atoms with E-state index >= 15 is 0 Å². The van der Waals surface area contributed by atoms with Crippen LogP contribution in [0.3, 0.4) is 0 Å². The summed E-state index contributed by atoms with van der Waals surface area (Å²) in [6, 6.07) is 12.4. The minimum atomic E-state index is -0.421. The van der Waals surface area contributed by atoms with Crippen molar-refractivity contribution in [1.82, 2.24) is 0 Å². The van der Waals surface area contributed by atoms with Gasteiger partial charge in [0.15, 0.2) is 6.61 Å². The van der Waals surface area contributed by atoms with Crippen molar-refractivity contribution < 1.29 is 14.3 Å². The summed E-state index contributed by atoms with van der Waals surface area (Å²) < 4.78 is 5.46. The molecule has 1 aliphatic carbocycles. The summed E-state index contributed by atoms with van der Waals surface area (Å²) in [5.41, 5.74) is 2.11. The van der Waals surface area contributed by atoms with E-state index in [1.807, 2.05) is 12.1 Å². The molecule has 1 spiro atoms. The van der Waals surface area contributed by atoms with Crippen LogP contribution < -0.4 is 15.4 Å². The number of carbonyl (C=O) groups is 2. The summed E-state index contributed by atoms with van der Waals surface area (Å²) in [6.07, 6.45) is 3.84. The van der Waals surface area contributed by atoms with Crippen LogP contribution >= 0.6 is 11.6 Å². The highest BCUT2D eigenvalue weighted by Crippen LogP contribution is 2.49. The fraction of sp³-hybridized carbons (Fsp3) is 0.300. The van der Waals surface area contributed by atoms with Gasteiger partial charge in [0.25, 0.3) is 5.91 Å². The van der Waals surface area contributed by atoms with Crippen LogP contribution in [0, 0.1) is 0 Å². The van der Waals surface area contributed by atoms with Crippen LogP contribution in [0.1, 0.15) is 31.2 Å². The lowest BCUT2D eigenvalue weighted by Gasteiger charge is -2.21. The molecule has 2 aromatic rings. The molecular weight excluding hydrogens is 352 g/mol. The van der Waals surface area contributed by atoms with Crippen LogP contribution in [-0.2, 0) is 15.0 Å². The number of fused-ring (bicyclic) bond motifs is 2. The van der Waals surface area contributed by atoms with E-state index in [-0.39, 0.29) is 18.4 Å². The molecule has 0 aromatic heterocycles. The number of hydrogen-bond acceptors (Lipinski definition) is 3. The summed E-state index contributed by atoms with van der Waals surface area (Å²) in [5, 5.41) is 6.43. The average molecular weight is 371 g/mol. The topological polar surface area (TPSA) is 67.4 Å². The van der Waals surface area contributed by atoms with Gasteiger partial charge in [0.1, 0.15) is 5.75 Å². The van der Waals surface area contributed by atoms with E-state index in [1.165, 1.54) is 0 Å². The van der Waals surface area contributed by atoms with E-state index in [2.05, 4.69) is 10.6 Å². The maximum atomic E-state index is 12.4. The van der Waals surface area contributed by atoms with Crippen molar-refractivity contribution in [1.29, 1.82) is 0 Å². The van der Waals surface area contributed by atoms with Gasteiger partial charge in [0, 0.05) is 16.4 Å². The minimum Gasteiger partial charge on any atom is -0.484 e. The Kier molecular flexibility index (Phi) is 4.32. The fourth-order valence-corrected chi connectivity index (χ4v) is 3.97. The summed E-state index contributed by atoms with van der Waals surface area (Å²) >= 11 is 5.83. The molecular formula is C20H19ClN2O3. The van der Waals surface area contributed by atoms with Gasteiger partial charge in [-0.1, -0.05) is 24.4 Å². The predicted octanol–water partition coefficient (Wildman–Crippen LogP) is 4.12. The normalized spacial score (nSPS) is 17.0. The molecule has 0 atom stereocenters. The lowest BCUT2D eigenvalue weighted by molar-refractivity contribution is -0.120. The molecule has 2 aliphatic rings. The third kappa shape index (κ3) is 3.03. The number of rotatable bonds is 4. The summed E-state index contributed by atoms with van der Waals surface area (Å²) in [5.74, 6) is 0.412.